The smallest absolute Gasteiger partial charge is 0.0927 e. The SMILES string of the molecule is C=C/C=C\C(=C)C1NNC(C)S1. The fraction of sp³-hybridized carbons (Fsp3) is 0.333. The molecule has 12 heavy (non-hydrogen) atoms. The highest BCUT2D eigenvalue weighted by molar-refractivity contribution is 8.00. The minimum Gasteiger partial charge on any atom is -0.244 e. The Bertz CT molecular complexity index is 211. The fourth-order valence-corrected chi connectivity index (χ4v) is 1.86. The van der Waals surface area contributed by atoms with Crippen molar-refractivity contribution in [1.29, 1.82) is 0 Å². The van der Waals surface area contributed by atoms with Gasteiger partial charge in [-0.05, 0) is 12.5 Å². The summed E-state index contributed by atoms with van der Waals surface area (Å²) in [4.78, 5) is 0. The number of hydrogen-bond acceptors (Lipinski definition) is 3. The van der Waals surface area contributed by atoms with E-state index in [2.05, 4.69) is 30.9 Å². The van der Waals surface area contributed by atoms with E-state index in [0.29, 0.717) is 5.37 Å². The monoisotopic (exact) mass is 182 g/mol. The molecule has 1 rings (SSSR count). The van der Waals surface area contributed by atoms with Crippen LogP contribution in [0.15, 0.2) is 37.0 Å². The van der Waals surface area contributed by atoms with Gasteiger partial charge in [0.2, 0.25) is 0 Å². The van der Waals surface area contributed by atoms with Crippen LogP contribution in [0.3, 0.4) is 0 Å². The topological polar surface area (TPSA) is 24.1 Å². The first-order chi connectivity index (χ1) is 5.74. The third-order valence-corrected chi connectivity index (χ3v) is 2.76. The van der Waals surface area contributed by atoms with Crippen LogP contribution >= 0.6 is 11.8 Å². The van der Waals surface area contributed by atoms with Gasteiger partial charge in [-0.15, -0.1) is 11.8 Å². The van der Waals surface area contributed by atoms with Crippen LogP contribution in [-0.2, 0) is 0 Å². The second-order valence-corrected chi connectivity index (χ2v) is 4.07. The highest BCUT2D eigenvalue weighted by Gasteiger charge is 2.21. The fourth-order valence-electron chi connectivity index (χ4n) is 0.924. The van der Waals surface area contributed by atoms with Crippen LogP contribution in [0.25, 0.3) is 0 Å². The average Bonchev–Trinajstić information content (AvgIpc) is 2.47. The van der Waals surface area contributed by atoms with Gasteiger partial charge in [-0.2, -0.15) is 0 Å². The van der Waals surface area contributed by atoms with E-state index in [1.54, 1.807) is 6.08 Å². The number of hydrazine groups is 1. The summed E-state index contributed by atoms with van der Waals surface area (Å²) in [5.74, 6) is 0. The van der Waals surface area contributed by atoms with E-state index in [4.69, 9.17) is 0 Å². The van der Waals surface area contributed by atoms with Gasteiger partial charge in [-0.25, -0.2) is 10.9 Å². The Morgan fingerprint density at radius 2 is 2.25 bits per heavy atom. The van der Waals surface area contributed by atoms with Gasteiger partial charge in [0.1, 0.15) is 0 Å². The largest absolute Gasteiger partial charge is 0.244 e. The predicted molar refractivity (Wildman–Crippen MR) is 55.6 cm³/mol. The zero-order valence-corrected chi connectivity index (χ0v) is 8.03. The highest BCUT2D eigenvalue weighted by atomic mass is 32.2. The summed E-state index contributed by atoms with van der Waals surface area (Å²) in [5.41, 5.74) is 7.33. The van der Waals surface area contributed by atoms with Crippen molar-refractivity contribution >= 4 is 11.8 Å². The standard InChI is InChI=1S/C9H14N2S/c1-4-5-6-7(2)9-11-10-8(3)12-9/h4-6,8-11H,1-2H2,3H3/b6-5-. The summed E-state index contributed by atoms with van der Waals surface area (Å²) in [5, 5.41) is 0.736. The minimum absolute atomic E-state index is 0.288. The molecule has 0 bridgehead atoms. The first-order valence-corrected chi connectivity index (χ1v) is 4.82. The lowest BCUT2D eigenvalue weighted by molar-refractivity contribution is 0.579. The van der Waals surface area contributed by atoms with Crippen molar-refractivity contribution in [2.24, 2.45) is 0 Å². The summed E-state index contributed by atoms with van der Waals surface area (Å²) in [7, 11) is 0. The van der Waals surface area contributed by atoms with Gasteiger partial charge < -0.3 is 0 Å². The minimum atomic E-state index is 0.288. The maximum atomic E-state index is 3.95. The van der Waals surface area contributed by atoms with E-state index in [1.165, 1.54) is 0 Å². The normalized spacial score (nSPS) is 29.4. The summed E-state index contributed by atoms with van der Waals surface area (Å²) >= 11 is 1.82. The van der Waals surface area contributed by atoms with Crippen LogP contribution in [-0.4, -0.2) is 10.7 Å². The molecule has 1 fully saturated rings. The van der Waals surface area contributed by atoms with Gasteiger partial charge >= 0.3 is 0 Å². The van der Waals surface area contributed by atoms with E-state index >= 15 is 0 Å². The summed E-state index contributed by atoms with van der Waals surface area (Å²) in [6.07, 6.45) is 5.62. The molecule has 0 aromatic rings. The number of nitrogens with one attached hydrogen (secondary N) is 2. The first kappa shape index (κ1) is 9.58. The second kappa shape index (κ2) is 4.50. The van der Waals surface area contributed by atoms with Crippen molar-refractivity contribution in [2.75, 3.05) is 0 Å². The lowest BCUT2D eigenvalue weighted by atomic mass is 10.3. The zero-order valence-electron chi connectivity index (χ0n) is 7.21. The highest BCUT2D eigenvalue weighted by Crippen LogP contribution is 2.23. The molecule has 0 aromatic heterocycles. The molecule has 2 N–H and O–H groups in total. The quantitative estimate of drug-likeness (QED) is 0.651. The Morgan fingerprint density at radius 3 is 2.75 bits per heavy atom. The van der Waals surface area contributed by atoms with Crippen LogP contribution in [0.1, 0.15) is 6.92 Å². The Morgan fingerprint density at radius 1 is 1.50 bits per heavy atom. The van der Waals surface area contributed by atoms with Crippen molar-refractivity contribution in [3.8, 4) is 0 Å². The molecular weight excluding hydrogens is 168 g/mol. The predicted octanol–water partition coefficient (Wildman–Crippen LogP) is 1.80. The molecule has 0 radical (unpaired) electrons. The van der Waals surface area contributed by atoms with E-state index in [1.807, 2.05) is 23.9 Å². The van der Waals surface area contributed by atoms with E-state index in [0.717, 1.165) is 5.57 Å². The lowest BCUT2D eigenvalue weighted by Gasteiger charge is -2.07. The van der Waals surface area contributed by atoms with Crippen molar-refractivity contribution in [2.45, 2.75) is 17.7 Å². The lowest BCUT2D eigenvalue weighted by Crippen LogP contribution is -2.32. The van der Waals surface area contributed by atoms with Crippen LogP contribution in [0.5, 0.6) is 0 Å². The molecule has 2 nitrogen and oxygen atoms in total. The zero-order chi connectivity index (χ0) is 8.97. The molecule has 0 saturated carbocycles. The molecule has 1 heterocycles. The molecule has 1 aliphatic rings. The van der Waals surface area contributed by atoms with Gasteiger partial charge in [0.15, 0.2) is 0 Å². The van der Waals surface area contributed by atoms with Crippen molar-refractivity contribution in [3.05, 3.63) is 37.0 Å². The Hall–Kier alpha value is -0.510. The Kier molecular flexibility index (Phi) is 3.59. The molecule has 3 heteroatoms. The molecule has 1 saturated heterocycles. The number of hydrogen-bond donors (Lipinski definition) is 2. The summed E-state index contributed by atoms with van der Waals surface area (Å²) < 4.78 is 0. The van der Waals surface area contributed by atoms with Gasteiger partial charge in [0.05, 0.1) is 10.7 Å². The maximum Gasteiger partial charge on any atom is 0.0927 e. The third-order valence-electron chi connectivity index (χ3n) is 1.54. The van der Waals surface area contributed by atoms with Crippen LogP contribution < -0.4 is 10.9 Å². The molecule has 2 unspecified atom stereocenters. The van der Waals surface area contributed by atoms with E-state index in [9.17, 15) is 0 Å². The van der Waals surface area contributed by atoms with Crippen LogP contribution in [0, 0.1) is 0 Å². The molecule has 1 aliphatic heterocycles. The van der Waals surface area contributed by atoms with Crippen molar-refractivity contribution in [1.82, 2.24) is 10.9 Å². The van der Waals surface area contributed by atoms with Crippen molar-refractivity contribution < 1.29 is 0 Å². The molecule has 0 aromatic carbocycles. The molecule has 2 atom stereocenters. The van der Waals surface area contributed by atoms with Crippen LogP contribution in [0.4, 0.5) is 0 Å². The molecule has 0 aliphatic carbocycles. The summed E-state index contributed by atoms with van der Waals surface area (Å²) in [6, 6.07) is 0. The van der Waals surface area contributed by atoms with Gasteiger partial charge in [0, 0.05) is 0 Å². The van der Waals surface area contributed by atoms with Gasteiger partial charge in [-0.1, -0.05) is 31.4 Å². The maximum absolute atomic E-state index is 3.95. The number of thioether (sulfide) groups is 1. The van der Waals surface area contributed by atoms with Gasteiger partial charge in [0.25, 0.3) is 0 Å². The van der Waals surface area contributed by atoms with E-state index in [-0.39, 0.29) is 5.37 Å². The Labute approximate surface area is 77.8 Å². The Balaban J connectivity index is 2.43. The second-order valence-electron chi connectivity index (χ2n) is 2.62. The molecule has 0 spiro atoms. The number of allylic oxidation sites excluding steroid dienone is 2. The summed E-state index contributed by atoms with van der Waals surface area (Å²) in [6.45, 7) is 9.67. The molecule has 66 valence electrons. The first-order valence-electron chi connectivity index (χ1n) is 3.88. The van der Waals surface area contributed by atoms with Crippen molar-refractivity contribution in [3.63, 3.8) is 0 Å². The average molecular weight is 182 g/mol. The van der Waals surface area contributed by atoms with Gasteiger partial charge in [-0.3, -0.25) is 0 Å². The molecule has 0 amide bonds. The third kappa shape index (κ3) is 2.52. The number of rotatable bonds is 3. The van der Waals surface area contributed by atoms with E-state index < -0.39 is 0 Å². The van der Waals surface area contributed by atoms with Crippen LogP contribution in [0.2, 0.25) is 0 Å². The molecular formula is C9H14N2S.